The molecule has 0 aliphatic heterocycles. The fourth-order valence-corrected chi connectivity index (χ4v) is 3.03. The van der Waals surface area contributed by atoms with Crippen molar-refractivity contribution in [2.75, 3.05) is 6.61 Å². The number of ether oxygens (including phenoxy) is 1. The topological polar surface area (TPSA) is 69.4 Å². The van der Waals surface area contributed by atoms with Gasteiger partial charge in [-0.15, -0.1) is 5.10 Å². The van der Waals surface area contributed by atoms with Gasteiger partial charge in [0.15, 0.2) is 5.65 Å². The Morgan fingerprint density at radius 1 is 1.36 bits per heavy atom. The average molecular weight is 316 g/mol. The third-order valence-corrected chi connectivity index (χ3v) is 4.42. The maximum absolute atomic E-state index is 11.9. The van der Waals surface area contributed by atoms with Crippen LogP contribution in [0.3, 0.4) is 0 Å². The summed E-state index contributed by atoms with van der Waals surface area (Å²) in [5.74, 6) is -0.225. The van der Waals surface area contributed by atoms with Crippen molar-refractivity contribution in [3.8, 4) is 0 Å². The number of fused-ring (bicyclic) bond motifs is 3. The molecule has 0 amide bonds. The SMILES string of the molecule is CCOC(=O)C(CC)Sc1nc2c3ccccc3ncn2n1. The largest absolute Gasteiger partial charge is 0.465 e. The molecule has 0 saturated heterocycles. The molecule has 22 heavy (non-hydrogen) atoms. The Bertz CT molecular complexity index is 818. The van der Waals surface area contributed by atoms with Crippen LogP contribution in [-0.2, 0) is 9.53 Å². The van der Waals surface area contributed by atoms with E-state index in [0.29, 0.717) is 18.2 Å². The molecule has 3 rings (SSSR count). The molecule has 7 heteroatoms. The minimum atomic E-state index is -0.295. The first kappa shape index (κ1) is 14.8. The number of carbonyl (C=O) groups excluding carboxylic acids is 1. The molecule has 2 aromatic heterocycles. The van der Waals surface area contributed by atoms with Gasteiger partial charge in [-0.05, 0) is 25.5 Å². The van der Waals surface area contributed by atoms with Crippen LogP contribution in [0, 0.1) is 0 Å². The van der Waals surface area contributed by atoms with Crippen LogP contribution in [0.5, 0.6) is 0 Å². The standard InChI is InChI=1S/C15H16N4O2S/c1-3-12(14(20)21-4-2)22-15-17-13-10-7-5-6-8-11(10)16-9-19(13)18-15/h5-9,12H,3-4H2,1-2H3. The molecule has 1 atom stereocenters. The highest BCUT2D eigenvalue weighted by atomic mass is 32.2. The summed E-state index contributed by atoms with van der Waals surface area (Å²) in [4.78, 5) is 20.8. The average Bonchev–Trinajstić information content (AvgIpc) is 2.96. The summed E-state index contributed by atoms with van der Waals surface area (Å²) in [5.41, 5.74) is 1.61. The van der Waals surface area contributed by atoms with Crippen molar-refractivity contribution in [3.63, 3.8) is 0 Å². The van der Waals surface area contributed by atoms with Gasteiger partial charge in [-0.25, -0.2) is 14.5 Å². The van der Waals surface area contributed by atoms with Gasteiger partial charge in [0.2, 0.25) is 5.16 Å². The second kappa shape index (κ2) is 6.31. The first-order chi connectivity index (χ1) is 10.7. The zero-order valence-corrected chi connectivity index (χ0v) is 13.2. The Labute approximate surface area is 131 Å². The summed E-state index contributed by atoms with van der Waals surface area (Å²) in [6.45, 7) is 4.13. The van der Waals surface area contributed by atoms with Gasteiger partial charge < -0.3 is 4.74 Å². The minimum absolute atomic E-state index is 0.225. The maximum atomic E-state index is 11.9. The highest BCUT2D eigenvalue weighted by molar-refractivity contribution is 8.00. The zero-order valence-electron chi connectivity index (χ0n) is 12.4. The van der Waals surface area contributed by atoms with E-state index in [0.717, 1.165) is 16.6 Å². The van der Waals surface area contributed by atoms with Crippen molar-refractivity contribution in [2.45, 2.75) is 30.7 Å². The summed E-state index contributed by atoms with van der Waals surface area (Å²) in [5, 5.41) is 5.59. The molecule has 0 radical (unpaired) electrons. The van der Waals surface area contributed by atoms with Crippen molar-refractivity contribution in [2.24, 2.45) is 0 Å². The van der Waals surface area contributed by atoms with Crippen molar-refractivity contribution in [1.82, 2.24) is 19.6 Å². The molecule has 0 fully saturated rings. The minimum Gasteiger partial charge on any atom is -0.465 e. The number of para-hydroxylation sites is 1. The Morgan fingerprint density at radius 2 is 2.18 bits per heavy atom. The predicted octanol–water partition coefficient (Wildman–Crippen LogP) is 2.71. The molecule has 6 nitrogen and oxygen atoms in total. The van der Waals surface area contributed by atoms with Crippen LogP contribution in [0.2, 0.25) is 0 Å². The first-order valence-corrected chi connectivity index (χ1v) is 8.04. The van der Waals surface area contributed by atoms with Crippen LogP contribution >= 0.6 is 11.8 Å². The fraction of sp³-hybridized carbons (Fsp3) is 0.333. The number of hydrogen-bond donors (Lipinski definition) is 0. The Balaban J connectivity index is 1.95. The molecule has 0 aliphatic carbocycles. The molecule has 0 bridgehead atoms. The summed E-state index contributed by atoms with van der Waals surface area (Å²) < 4.78 is 6.72. The van der Waals surface area contributed by atoms with E-state index in [1.807, 2.05) is 31.2 Å². The van der Waals surface area contributed by atoms with Gasteiger partial charge in [-0.3, -0.25) is 4.79 Å². The van der Waals surface area contributed by atoms with Crippen LogP contribution in [-0.4, -0.2) is 37.4 Å². The molecule has 0 saturated carbocycles. The molecule has 0 aliphatic rings. The van der Waals surface area contributed by atoms with Crippen molar-refractivity contribution < 1.29 is 9.53 Å². The molecule has 3 aromatic rings. The second-order valence-electron chi connectivity index (χ2n) is 4.69. The van der Waals surface area contributed by atoms with Gasteiger partial charge in [0.1, 0.15) is 11.6 Å². The summed E-state index contributed by atoms with van der Waals surface area (Å²) in [7, 11) is 0. The van der Waals surface area contributed by atoms with E-state index >= 15 is 0 Å². The molecule has 1 aromatic carbocycles. The van der Waals surface area contributed by atoms with Crippen LogP contribution in [0.25, 0.3) is 16.6 Å². The lowest BCUT2D eigenvalue weighted by atomic mass is 10.2. The Kier molecular flexibility index (Phi) is 4.24. The van der Waals surface area contributed by atoms with E-state index < -0.39 is 0 Å². The molecular weight excluding hydrogens is 300 g/mol. The Hall–Kier alpha value is -2.15. The molecule has 0 N–H and O–H groups in total. The van der Waals surface area contributed by atoms with E-state index in [9.17, 15) is 4.79 Å². The lowest BCUT2D eigenvalue weighted by Gasteiger charge is -2.10. The van der Waals surface area contributed by atoms with E-state index in [1.165, 1.54) is 11.8 Å². The summed E-state index contributed by atoms with van der Waals surface area (Å²) >= 11 is 1.33. The zero-order chi connectivity index (χ0) is 15.5. The van der Waals surface area contributed by atoms with Crippen molar-refractivity contribution in [3.05, 3.63) is 30.6 Å². The number of nitrogens with zero attached hydrogens (tertiary/aromatic N) is 4. The monoisotopic (exact) mass is 316 g/mol. The number of esters is 1. The summed E-state index contributed by atoms with van der Waals surface area (Å²) in [6, 6.07) is 7.78. The lowest BCUT2D eigenvalue weighted by molar-refractivity contribution is -0.142. The normalized spacial score (nSPS) is 12.6. The number of thioether (sulfide) groups is 1. The molecule has 2 heterocycles. The van der Waals surface area contributed by atoms with Gasteiger partial charge in [-0.2, -0.15) is 0 Å². The number of carbonyl (C=O) groups is 1. The van der Waals surface area contributed by atoms with Crippen molar-refractivity contribution >= 4 is 34.3 Å². The highest BCUT2D eigenvalue weighted by Gasteiger charge is 2.21. The number of rotatable bonds is 5. The summed E-state index contributed by atoms with van der Waals surface area (Å²) in [6.07, 6.45) is 2.30. The van der Waals surface area contributed by atoms with Crippen LogP contribution in [0.1, 0.15) is 20.3 Å². The number of hydrogen-bond acceptors (Lipinski definition) is 6. The van der Waals surface area contributed by atoms with Gasteiger partial charge in [0.25, 0.3) is 0 Å². The van der Waals surface area contributed by atoms with Crippen LogP contribution in [0.15, 0.2) is 35.7 Å². The van der Waals surface area contributed by atoms with Crippen LogP contribution < -0.4 is 0 Å². The third kappa shape index (κ3) is 2.76. The predicted molar refractivity (Wildman–Crippen MR) is 84.9 cm³/mol. The maximum Gasteiger partial charge on any atom is 0.319 e. The van der Waals surface area contributed by atoms with E-state index in [4.69, 9.17) is 4.74 Å². The lowest BCUT2D eigenvalue weighted by Crippen LogP contribution is -2.19. The van der Waals surface area contributed by atoms with Gasteiger partial charge in [-0.1, -0.05) is 30.8 Å². The highest BCUT2D eigenvalue weighted by Crippen LogP contribution is 2.25. The number of benzene rings is 1. The molecule has 1 unspecified atom stereocenters. The third-order valence-electron chi connectivity index (χ3n) is 3.23. The van der Waals surface area contributed by atoms with E-state index in [2.05, 4.69) is 15.1 Å². The first-order valence-electron chi connectivity index (χ1n) is 7.16. The van der Waals surface area contributed by atoms with Gasteiger partial charge in [0, 0.05) is 5.39 Å². The smallest absolute Gasteiger partial charge is 0.319 e. The van der Waals surface area contributed by atoms with E-state index in [-0.39, 0.29) is 11.2 Å². The van der Waals surface area contributed by atoms with Crippen molar-refractivity contribution in [1.29, 1.82) is 0 Å². The molecular formula is C15H16N4O2S. The van der Waals surface area contributed by atoms with Gasteiger partial charge >= 0.3 is 5.97 Å². The Morgan fingerprint density at radius 3 is 2.95 bits per heavy atom. The molecule has 0 spiro atoms. The quantitative estimate of drug-likeness (QED) is 0.532. The fourth-order valence-electron chi connectivity index (χ4n) is 2.17. The molecule has 114 valence electrons. The van der Waals surface area contributed by atoms with E-state index in [1.54, 1.807) is 17.8 Å². The second-order valence-corrected chi connectivity index (χ2v) is 5.86. The van der Waals surface area contributed by atoms with Crippen LogP contribution in [0.4, 0.5) is 0 Å². The number of aromatic nitrogens is 4. The van der Waals surface area contributed by atoms with Gasteiger partial charge in [0.05, 0.1) is 12.1 Å².